The molecule has 0 unspecified atom stereocenters. The number of carbonyl (C=O) groups is 1. The van der Waals surface area contributed by atoms with Gasteiger partial charge in [0, 0.05) is 19.5 Å². The van der Waals surface area contributed by atoms with Gasteiger partial charge in [-0.25, -0.2) is 0 Å². The summed E-state index contributed by atoms with van der Waals surface area (Å²) in [5.41, 5.74) is 2.94. The fourth-order valence-electron chi connectivity index (χ4n) is 2.38. The van der Waals surface area contributed by atoms with Gasteiger partial charge in [-0.05, 0) is 36.9 Å². The molecule has 0 spiro atoms. The number of amides is 1. The second kappa shape index (κ2) is 5.82. The molecular weight excluding hydrogens is 212 g/mol. The van der Waals surface area contributed by atoms with E-state index in [1.54, 1.807) is 7.05 Å². The molecule has 0 bridgehead atoms. The Labute approximate surface area is 103 Å². The molecule has 1 aromatic carbocycles. The van der Waals surface area contributed by atoms with Crippen LogP contribution in [0, 0.1) is 0 Å². The number of rotatable bonds is 5. The van der Waals surface area contributed by atoms with Crippen molar-refractivity contribution in [3.8, 4) is 0 Å². The van der Waals surface area contributed by atoms with Gasteiger partial charge in [-0.15, -0.1) is 0 Å². The topological polar surface area (TPSA) is 41.1 Å². The second-order valence-electron chi connectivity index (χ2n) is 4.60. The van der Waals surface area contributed by atoms with Crippen LogP contribution in [0.5, 0.6) is 0 Å². The largest absolute Gasteiger partial charge is 0.359 e. The smallest absolute Gasteiger partial charge is 0.219 e. The number of hydrogen-bond acceptors (Lipinski definition) is 2. The van der Waals surface area contributed by atoms with Crippen LogP contribution in [0.2, 0.25) is 0 Å². The molecule has 0 aliphatic heterocycles. The van der Waals surface area contributed by atoms with Crippen molar-refractivity contribution in [2.75, 3.05) is 13.6 Å². The molecule has 1 amide bonds. The third kappa shape index (κ3) is 3.30. The molecule has 0 radical (unpaired) electrons. The summed E-state index contributed by atoms with van der Waals surface area (Å²) in [7, 11) is 1.68. The van der Waals surface area contributed by atoms with Gasteiger partial charge in [-0.3, -0.25) is 4.79 Å². The maximum Gasteiger partial charge on any atom is 0.219 e. The first-order chi connectivity index (χ1) is 8.29. The number of hydrogen-bond donors (Lipinski definition) is 2. The number of carbonyl (C=O) groups excluding carboxylic acids is 1. The zero-order valence-corrected chi connectivity index (χ0v) is 10.3. The zero-order chi connectivity index (χ0) is 12.1. The molecule has 0 heterocycles. The van der Waals surface area contributed by atoms with E-state index < -0.39 is 0 Å². The van der Waals surface area contributed by atoms with E-state index in [4.69, 9.17) is 0 Å². The first-order valence-corrected chi connectivity index (χ1v) is 6.30. The van der Waals surface area contributed by atoms with Crippen molar-refractivity contribution in [3.63, 3.8) is 0 Å². The highest BCUT2D eigenvalue weighted by atomic mass is 16.1. The van der Waals surface area contributed by atoms with Crippen LogP contribution in [0.1, 0.15) is 24.0 Å². The van der Waals surface area contributed by atoms with Crippen LogP contribution in [0.3, 0.4) is 0 Å². The van der Waals surface area contributed by atoms with Crippen molar-refractivity contribution >= 4 is 5.91 Å². The first-order valence-electron chi connectivity index (χ1n) is 6.30. The average Bonchev–Trinajstić information content (AvgIpc) is 2.76. The molecule has 0 atom stereocenters. The quantitative estimate of drug-likeness (QED) is 0.751. The van der Waals surface area contributed by atoms with E-state index >= 15 is 0 Å². The van der Waals surface area contributed by atoms with Crippen molar-refractivity contribution in [2.45, 2.75) is 31.7 Å². The molecular formula is C14H20N2O. The van der Waals surface area contributed by atoms with Crippen molar-refractivity contribution in [1.82, 2.24) is 10.6 Å². The molecule has 3 heteroatoms. The van der Waals surface area contributed by atoms with Gasteiger partial charge in [-0.1, -0.05) is 24.3 Å². The van der Waals surface area contributed by atoms with Crippen LogP contribution in [0.25, 0.3) is 0 Å². The van der Waals surface area contributed by atoms with Crippen LogP contribution in [-0.4, -0.2) is 25.5 Å². The van der Waals surface area contributed by atoms with E-state index in [0.29, 0.717) is 12.5 Å². The van der Waals surface area contributed by atoms with E-state index in [2.05, 4.69) is 34.9 Å². The van der Waals surface area contributed by atoms with Crippen LogP contribution in [-0.2, 0) is 17.6 Å². The lowest BCUT2D eigenvalue weighted by Crippen LogP contribution is -2.31. The number of benzene rings is 1. The molecule has 17 heavy (non-hydrogen) atoms. The van der Waals surface area contributed by atoms with Crippen LogP contribution < -0.4 is 10.6 Å². The average molecular weight is 232 g/mol. The second-order valence-corrected chi connectivity index (χ2v) is 4.60. The van der Waals surface area contributed by atoms with Crippen LogP contribution >= 0.6 is 0 Å². The first kappa shape index (κ1) is 12.1. The Kier molecular flexibility index (Phi) is 4.15. The predicted molar refractivity (Wildman–Crippen MR) is 68.9 cm³/mol. The van der Waals surface area contributed by atoms with E-state index in [-0.39, 0.29) is 5.91 Å². The fraction of sp³-hybridized carbons (Fsp3) is 0.500. The zero-order valence-electron chi connectivity index (χ0n) is 10.3. The third-order valence-corrected chi connectivity index (χ3v) is 3.34. The lowest BCUT2D eigenvalue weighted by Gasteiger charge is -2.11. The Balaban J connectivity index is 1.68. The van der Waals surface area contributed by atoms with Crippen LogP contribution in [0.4, 0.5) is 0 Å². The van der Waals surface area contributed by atoms with E-state index in [1.165, 1.54) is 11.1 Å². The summed E-state index contributed by atoms with van der Waals surface area (Å²) in [6.45, 7) is 0.923. The predicted octanol–water partition coefficient (Wildman–Crippen LogP) is 1.27. The Morgan fingerprint density at radius 3 is 2.53 bits per heavy atom. The van der Waals surface area contributed by atoms with E-state index in [9.17, 15) is 4.79 Å². The van der Waals surface area contributed by atoms with Crippen molar-refractivity contribution < 1.29 is 4.79 Å². The van der Waals surface area contributed by atoms with Crippen molar-refractivity contribution in [3.05, 3.63) is 35.4 Å². The summed E-state index contributed by atoms with van der Waals surface area (Å²) < 4.78 is 0. The molecule has 0 fully saturated rings. The van der Waals surface area contributed by atoms with Gasteiger partial charge in [0.05, 0.1) is 0 Å². The third-order valence-electron chi connectivity index (χ3n) is 3.34. The molecule has 0 saturated carbocycles. The fourth-order valence-corrected chi connectivity index (χ4v) is 2.38. The molecule has 1 aliphatic rings. The maximum absolute atomic E-state index is 11.0. The van der Waals surface area contributed by atoms with E-state index in [0.717, 1.165) is 25.8 Å². The minimum atomic E-state index is 0.126. The van der Waals surface area contributed by atoms with Crippen molar-refractivity contribution in [1.29, 1.82) is 0 Å². The number of nitrogens with one attached hydrogen (secondary N) is 2. The summed E-state index contributed by atoms with van der Waals surface area (Å²) in [6.07, 6.45) is 3.77. The summed E-state index contributed by atoms with van der Waals surface area (Å²) >= 11 is 0. The Bertz CT molecular complexity index is 365. The maximum atomic E-state index is 11.0. The van der Waals surface area contributed by atoms with Gasteiger partial charge in [-0.2, -0.15) is 0 Å². The van der Waals surface area contributed by atoms with Gasteiger partial charge in [0.25, 0.3) is 0 Å². The lowest BCUT2D eigenvalue weighted by molar-refractivity contribution is -0.120. The van der Waals surface area contributed by atoms with Gasteiger partial charge in [0.2, 0.25) is 5.91 Å². The van der Waals surface area contributed by atoms with Crippen LogP contribution in [0.15, 0.2) is 24.3 Å². The molecule has 0 aromatic heterocycles. The van der Waals surface area contributed by atoms with E-state index in [1.807, 2.05) is 0 Å². The normalized spacial score (nSPS) is 14.6. The number of fused-ring (bicyclic) bond motifs is 1. The summed E-state index contributed by atoms with van der Waals surface area (Å²) in [5, 5.41) is 6.17. The van der Waals surface area contributed by atoms with Gasteiger partial charge in [0.1, 0.15) is 0 Å². The summed E-state index contributed by atoms with van der Waals surface area (Å²) in [4.78, 5) is 11.0. The standard InChI is InChI=1S/C14H20N2O/c1-15-14(17)7-4-8-16-13-9-11-5-2-3-6-12(11)10-13/h2-3,5-6,13,16H,4,7-10H2,1H3,(H,15,17). The molecule has 2 rings (SSSR count). The highest BCUT2D eigenvalue weighted by Gasteiger charge is 2.19. The summed E-state index contributed by atoms with van der Waals surface area (Å²) in [6, 6.07) is 9.18. The highest BCUT2D eigenvalue weighted by Crippen LogP contribution is 2.21. The lowest BCUT2D eigenvalue weighted by atomic mass is 10.1. The molecule has 3 nitrogen and oxygen atoms in total. The Morgan fingerprint density at radius 2 is 1.94 bits per heavy atom. The highest BCUT2D eigenvalue weighted by molar-refractivity contribution is 5.75. The molecule has 92 valence electrons. The molecule has 1 aliphatic carbocycles. The summed E-state index contributed by atoms with van der Waals surface area (Å²) in [5.74, 6) is 0.126. The minimum Gasteiger partial charge on any atom is -0.359 e. The molecule has 2 N–H and O–H groups in total. The SMILES string of the molecule is CNC(=O)CCCNC1Cc2ccccc2C1. The monoisotopic (exact) mass is 232 g/mol. The molecule has 1 aromatic rings. The van der Waals surface area contributed by atoms with Gasteiger partial charge < -0.3 is 10.6 Å². The minimum absolute atomic E-state index is 0.126. The Hall–Kier alpha value is -1.35. The van der Waals surface area contributed by atoms with Gasteiger partial charge >= 0.3 is 0 Å². The molecule has 0 saturated heterocycles. The Morgan fingerprint density at radius 1 is 1.29 bits per heavy atom. The van der Waals surface area contributed by atoms with Gasteiger partial charge in [0.15, 0.2) is 0 Å². The van der Waals surface area contributed by atoms with Crippen molar-refractivity contribution in [2.24, 2.45) is 0 Å².